The number of morpholine rings is 1. The van der Waals surface area contributed by atoms with Gasteiger partial charge in [-0.1, -0.05) is 0 Å². The van der Waals surface area contributed by atoms with Gasteiger partial charge in [0.05, 0.1) is 13.2 Å². The Morgan fingerprint density at radius 1 is 1.45 bits per heavy atom. The van der Waals surface area contributed by atoms with Gasteiger partial charge in [-0.3, -0.25) is 4.79 Å². The van der Waals surface area contributed by atoms with Crippen molar-refractivity contribution >= 4 is 28.5 Å². The van der Waals surface area contributed by atoms with Crippen LogP contribution in [0.4, 0.5) is 0 Å². The standard InChI is InChI=1S/C7H8INO2/c8-2-1-7(10)9-3-5-11-6-4-9/h3-6H2. The predicted molar refractivity (Wildman–Crippen MR) is 49.2 cm³/mol. The lowest BCUT2D eigenvalue weighted by Crippen LogP contribution is -2.39. The smallest absolute Gasteiger partial charge is 0.299 e. The summed E-state index contributed by atoms with van der Waals surface area (Å²) >= 11 is 1.86. The second kappa shape index (κ2) is 4.57. The van der Waals surface area contributed by atoms with E-state index in [0.717, 1.165) is 0 Å². The lowest BCUT2D eigenvalue weighted by Gasteiger charge is -2.24. The maximum Gasteiger partial charge on any atom is 0.299 e. The Morgan fingerprint density at radius 2 is 2.09 bits per heavy atom. The molecule has 0 aromatic rings. The van der Waals surface area contributed by atoms with Gasteiger partial charge in [0.15, 0.2) is 0 Å². The lowest BCUT2D eigenvalue weighted by atomic mass is 10.4. The molecule has 0 atom stereocenters. The average molecular weight is 265 g/mol. The Hall–Kier alpha value is -0.280. The van der Waals surface area contributed by atoms with Crippen molar-refractivity contribution in [3.8, 4) is 9.85 Å². The lowest BCUT2D eigenvalue weighted by molar-refractivity contribution is -0.129. The van der Waals surface area contributed by atoms with Gasteiger partial charge < -0.3 is 9.64 Å². The molecule has 0 saturated carbocycles. The zero-order valence-corrected chi connectivity index (χ0v) is 8.13. The van der Waals surface area contributed by atoms with Crippen molar-refractivity contribution in [1.82, 2.24) is 4.90 Å². The Kier molecular flexibility index (Phi) is 3.66. The highest BCUT2D eigenvalue weighted by atomic mass is 127. The van der Waals surface area contributed by atoms with Crippen LogP contribution in [0, 0.1) is 9.85 Å². The number of amides is 1. The maximum atomic E-state index is 11.1. The number of rotatable bonds is 0. The molecule has 4 heteroatoms. The highest BCUT2D eigenvalue weighted by molar-refractivity contribution is 14.1. The van der Waals surface area contributed by atoms with Gasteiger partial charge in [0, 0.05) is 41.6 Å². The third-order valence-corrected chi connectivity index (χ3v) is 1.72. The van der Waals surface area contributed by atoms with Gasteiger partial charge in [0.25, 0.3) is 5.91 Å². The third kappa shape index (κ3) is 2.67. The van der Waals surface area contributed by atoms with Gasteiger partial charge in [-0.2, -0.15) is 0 Å². The van der Waals surface area contributed by atoms with Gasteiger partial charge in [-0.25, -0.2) is 0 Å². The van der Waals surface area contributed by atoms with E-state index < -0.39 is 0 Å². The molecule has 0 bridgehead atoms. The molecule has 1 amide bonds. The van der Waals surface area contributed by atoms with Crippen LogP contribution in [0.15, 0.2) is 0 Å². The minimum atomic E-state index is -0.0947. The first-order valence-corrected chi connectivity index (χ1v) is 4.41. The molecule has 1 fully saturated rings. The average Bonchev–Trinajstić information content (AvgIpc) is 2.07. The van der Waals surface area contributed by atoms with Crippen LogP contribution < -0.4 is 0 Å². The molecule has 0 unspecified atom stereocenters. The molecule has 1 heterocycles. The minimum Gasteiger partial charge on any atom is -0.378 e. The Labute approximate surface area is 79.2 Å². The van der Waals surface area contributed by atoms with Crippen molar-refractivity contribution in [2.75, 3.05) is 26.3 Å². The molecule has 1 aliphatic rings. The van der Waals surface area contributed by atoms with Gasteiger partial charge in [-0.15, -0.1) is 0 Å². The minimum absolute atomic E-state index is 0.0947. The van der Waals surface area contributed by atoms with Gasteiger partial charge in [-0.05, 0) is 3.93 Å². The molecule has 3 nitrogen and oxygen atoms in total. The van der Waals surface area contributed by atoms with Crippen molar-refractivity contribution in [3.63, 3.8) is 0 Å². The number of carbonyl (C=O) groups is 1. The van der Waals surface area contributed by atoms with E-state index in [2.05, 4.69) is 9.85 Å². The van der Waals surface area contributed by atoms with E-state index in [1.165, 1.54) is 0 Å². The normalized spacial score (nSPS) is 17.0. The van der Waals surface area contributed by atoms with Crippen molar-refractivity contribution in [3.05, 3.63) is 0 Å². The Morgan fingerprint density at radius 3 is 2.64 bits per heavy atom. The fraction of sp³-hybridized carbons (Fsp3) is 0.571. The monoisotopic (exact) mass is 265 g/mol. The summed E-state index contributed by atoms with van der Waals surface area (Å²) in [4.78, 5) is 12.8. The van der Waals surface area contributed by atoms with Crippen LogP contribution in [0.25, 0.3) is 0 Å². The van der Waals surface area contributed by atoms with E-state index >= 15 is 0 Å². The summed E-state index contributed by atoms with van der Waals surface area (Å²) in [5, 5.41) is 0. The molecule has 11 heavy (non-hydrogen) atoms. The van der Waals surface area contributed by atoms with Crippen molar-refractivity contribution in [1.29, 1.82) is 0 Å². The van der Waals surface area contributed by atoms with E-state index in [0.29, 0.717) is 26.3 Å². The van der Waals surface area contributed by atoms with Crippen molar-refractivity contribution in [2.24, 2.45) is 0 Å². The molecular formula is C7H8INO2. The maximum absolute atomic E-state index is 11.1. The third-order valence-electron chi connectivity index (χ3n) is 1.45. The second-order valence-electron chi connectivity index (χ2n) is 2.12. The highest BCUT2D eigenvalue weighted by Gasteiger charge is 2.13. The number of carbonyl (C=O) groups excluding carboxylic acids is 1. The summed E-state index contributed by atoms with van der Waals surface area (Å²) < 4.78 is 7.64. The van der Waals surface area contributed by atoms with E-state index in [4.69, 9.17) is 4.74 Å². The quantitative estimate of drug-likeness (QED) is 0.464. The molecule has 60 valence electrons. The molecule has 0 radical (unpaired) electrons. The van der Waals surface area contributed by atoms with E-state index in [-0.39, 0.29) is 5.91 Å². The summed E-state index contributed by atoms with van der Waals surface area (Å²) in [7, 11) is 0. The Balaban J connectivity index is 2.43. The van der Waals surface area contributed by atoms with Crippen LogP contribution >= 0.6 is 22.6 Å². The Bertz CT molecular complexity index is 200. The summed E-state index contributed by atoms with van der Waals surface area (Å²) in [5.74, 6) is 2.39. The molecule has 0 aromatic carbocycles. The molecule has 0 spiro atoms. The first kappa shape index (κ1) is 8.81. The van der Waals surface area contributed by atoms with Gasteiger partial charge >= 0.3 is 0 Å². The van der Waals surface area contributed by atoms with Crippen LogP contribution in [0.3, 0.4) is 0 Å². The van der Waals surface area contributed by atoms with E-state index in [9.17, 15) is 4.79 Å². The number of ether oxygens (including phenoxy) is 1. The molecule has 1 rings (SSSR count). The first-order valence-electron chi connectivity index (χ1n) is 3.33. The summed E-state index contributed by atoms with van der Waals surface area (Å²) in [6.45, 7) is 2.61. The molecule has 1 aliphatic heterocycles. The second-order valence-corrected chi connectivity index (χ2v) is 2.66. The van der Waals surface area contributed by atoms with Crippen LogP contribution in [0.1, 0.15) is 0 Å². The van der Waals surface area contributed by atoms with Crippen LogP contribution in [0.2, 0.25) is 0 Å². The predicted octanol–water partition coefficient (Wildman–Crippen LogP) is 0.241. The molecule has 0 aromatic heterocycles. The highest BCUT2D eigenvalue weighted by Crippen LogP contribution is 1.96. The van der Waals surface area contributed by atoms with E-state index in [1.54, 1.807) is 4.90 Å². The number of hydrogen-bond donors (Lipinski definition) is 0. The molecule has 0 aliphatic carbocycles. The largest absolute Gasteiger partial charge is 0.378 e. The zero-order valence-electron chi connectivity index (χ0n) is 5.97. The number of nitrogens with zero attached hydrogens (tertiary/aromatic N) is 1. The van der Waals surface area contributed by atoms with Crippen molar-refractivity contribution < 1.29 is 9.53 Å². The van der Waals surface area contributed by atoms with Gasteiger partial charge in [0.2, 0.25) is 0 Å². The summed E-state index contributed by atoms with van der Waals surface area (Å²) in [6.07, 6.45) is 0. The fourth-order valence-electron chi connectivity index (χ4n) is 0.886. The summed E-state index contributed by atoms with van der Waals surface area (Å²) in [6, 6.07) is 0. The van der Waals surface area contributed by atoms with Gasteiger partial charge in [0.1, 0.15) is 0 Å². The first-order chi connectivity index (χ1) is 5.34. The SMILES string of the molecule is O=C(C#CI)N1CCOCC1. The fourth-order valence-corrected chi connectivity index (χ4v) is 1.12. The van der Waals surface area contributed by atoms with E-state index in [1.807, 2.05) is 22.6 Å². The number of hydrogen-bond acceptors (Lipinski definition) is 2. The molecule has 1 saturated heterocycles. The topological polar surface area (TPSA) is 29.5 Å². The molecule has 0 N–H and O–H groups in total. The van der Waals surface area contributed by atoms with Crippen LogP contribution in [0.5, 0.6) is 0 Å². The van der Waals surface area contributed by atoms with Crippen LogP contribution in [-0.2, 0) is 9.53 Å². The van der Waals surface area contributed by atoms with Crippen molar-refractivity contribution in [2.45, 2.75) is 0 Å². The summed E-state index contributed by atoms with van der Waals surface area (Å²) in [5.41, 5.74) is 0. The molecular weight excluding hydrogens is 257 g/mol. The number of halogens is 1. The zero-order chi connectivity index (χ0) is 8.10. The van der Waals surface area contributed by atoms with Crippen LogP contribution in [-0.4, -0.2) is 37.1 Å².